The second kappa shape index (κ2) is 18.6. The molecule has 0 fully saturated rings. The van der Waals surface area contributed by atoms with E-state index in [9.17, 15) is 9.59 Å². The average Bonchev–Trinajstić information content (AvgIpc) is 3.62. The Balaban J connectivity index is 0.000000216. The number of allylic oxidation sites excluding steroid dienone is 6. The lowest BCUT2D eigenvalue weighted by Gasteiger charge is -2.05. The van der Waals surface area contributed by atoms with Crippen molar-refractivity contribution in [2.24, 2.45) is 0 Å². The summed E-state index contributed by atoms with van der Waals surface area (Å²) in [6, 6.07) is 27.7. The fourth-order valence-corrected chi connectivity index (χ4v) is 7.31. The molecule has 8 heteroatoms. The molecule has 49 heavy (non-hydrogen) atoms. The lowest BCUT2D eigenvalue weighted by Crippen LogP contribution is -2.02. The number of rotatable bonds is 10. The van der Waals surface area contributed by atoms with Gasteiger partial charge in [0.25, 0.3) is 0 Å². The maximum atomic E-state index is 12.6. The Morgan fingerprint density at radius 1 is 0.633 bits per heavy atom. The maximum Gasteiger partial charge on any atom is 0.164 e. The molecule has 252 valence electrons. The summed E-state index contributed by atoms with van der Waals surface area (Å²) in [5, 5.41) is 2.12. The van der Waals surface area contributed by atoms with E-state index in [2.05, 4.69) is 72.1 Å². The van der Waals surface area contributed by atoms with Gasteiger partial charge in [0, 0.05) is 48.3 Å². The van der Waals surface area contributed by atoms with Crippen LogP contribution in [-0.4, -0.2) is 16.9 Å². The summed E-state index contributed by atoms with van der Waals surface area (Å²) in [4.78, 5) is 25.2. The number of ketones is 2. The normalized spacial score (nSPS) is 13.3. The van der Waals surface area contributed by atoms with E-state index >= 15 is 0 Å². The summed E-state index contributed by atoms with van der Waals surface area (Å²) in [5.41, 5.74) is 10.6. The minimum Gasteiger partial charge on any atom is -0.294 e. The number of carbonyl (C=O) groups excluding carboxylic acids is 2. The van der Waals surface area contributed by atoms with Gasteiger partial charge in [-0.25, -0.2) is 0 Å². The predicted octanol–water partition coefficient (Wildman–Crippen LogP) is 13.4. The molecule has 4 aromatic rings. The number of hydrogen-bond acceptors (Lipinski definition) is 2. The molecule has 4 aromatic carbocycles. The Morgan fingerprint density at radius 2 is 1.04 bits per heavy atom. The van der Waals surface area contributed by atoms with Crippen LogP contribution >= 0.6 is 83.4 Å². The Labute approximate surface area is 330 Å². The molecule has 0 N–H and O–H groups in total. The molecule has 0 saturated heterocycles. The van der Waals surface area contributed by atoms with Crippen LogP contribution in [-0.2, 0) is 22.4 Å². The molecule has 0 unspecified atom stereocenters. The molecule has 0 saturated carbocycles. The zero-order valence-corrected chi connectivity index (χ0v) is 33.8. The number of benzene rings is 4. The summed E-state index contributed by atoms with van der Waals surface area (Å²) in [6.45, 7) is 2.04. The van der Waals surface area contributed by atoms with Crippen molar-refractivity contribution in [3.8, 4) is 0 Å². The first kappa shape index (κ1) is 39.3. The van der Waals surface area contributed by atoms with Crippen molar-refractivity contribution >= 4 is 118 Å². The first-order valence-corrected chi connectivity index (χ1v) is 19.2. The van der Waals surface area contributed by atoms with Gasteiger partial charge in [0.15, 0.2) is 11.6 Å². The second-order valence-corrected chi connectivity index (χ2v) is 15.1. The zero-order valence-electron chi connectivity index (χ0n) is 26.7. The molecule has 0 bridgehead atoms. The van der Waals surface area contributed by atoms with Crippen LogP contribution < -0.4 is 0 Å². The van der Waals surface area contributed by atoms with Crippen LogP contribution in [0.2, 0.25) is 10.0 Å². The topological polar surface area (TPSA) is 34.1 Å². The van der Waals surface area contributed by atoms with Crippen LogP contribution in [0.3, 0.4) is 0 Å². The van der Waals surface area contributed by atoms with Crippen LogP contribution in [0.5, 0.6) is 0 Å². The van der Waals surface area contributed by atoms with Gasteiger partial charge in [-0.1, -0.05) is 139 Å². The fourth-order valence-electron chi connectivity index (χ4n) is 5.89. The van der Waals surface area contributed by atoms with Gasteiger partial charge in [0.2, 0.25) is 0 Å². The molecule has 0 amide bonds. The van der Waals surface area contributed by atoms with Crippen LogP contribution in [0.4, 0.5) is 0 Å². The number of carbonyl (C=O) groups is 2. The van der Waals surface area contributed by atoms with E-state index in [1.54, 1.807) is 0 Å². The van der Waals surface area contributed by atoms with Crippen molar-refractivity contribution < 1.29 is 9.59 Å². The Bertz CT molecular complexity index is 1810. The minimum absolute atomic E-state index is 0. The molecule has 2 nitrogen and oxygen atoms in total. The van der Waals surface area contributed by atoms with Crippen LogP contribution in [0.25, 0.3) is 23.3 Å². The summed E-state index contributed by atoms with van der Waals surface area (Å²) in [5.74, 6) is 0.415. The van der Waals surface area contributed by atoms with E-state index in [0.717, 1.165) is 82.8 Å². The molecule has 2 aliphatic carbocycles. The summed E-state index contributed by atoms with van der Waals surface area (Å²) in [6.07, 6.45) is 11.7. The van der Waals surface area contributed by atoms with E-state index in [4.69, 9.17) is 23.2 Å². The van der Waals surface area contributed by atoms with Gasteiger partial charge >= 0.3 is 0 Å². The third-order valence-electron chi connectivity index (χ3n) is 8.13. The van der Waals surface area contributed by atoms with Crippen molar-refractivity contribution in [2.75, 3.05) is 5.33 Å². The molecule has 6 rings (SSSR count). The first-order valence-electron chi connectivity index (χ1n) is 15.7. The molecule has 0 aliphatic heterocycles. The van der Waals surface area contributed by atoms with E-state index in [0.29, 0.717) is 18.2 Å². The maximum absolute atomic E-state index is 12.6. The largest absolute Gasteiger partial charge is 0.294 e. The van der Waals surface area contributed by atoms with Gasteiger partial charge in [-0.15, -0.1) is 12.4 Å². The number of halogens is 6. The smallest absolute Gasteiger partial charge is 0.164 e. The molecular formula is C41H34Br3Cl3O2. The highest BCUT2D eigenvalue weighted by atomic mass is 79.9. The van der Waals surface area contributed by atoms with Crippen molar-refractivity contribution in [1.82, 2.24) is 0 Å². The van der Waals surface area contributed by atoms with Gasteiger partial charge in [-0.3, -0.25) is 9.59 Å². The Morgan fingerprint density at radius 3 is 1.43 bits per heavy atom. The van der Waals surface area contributed by atoms with Crippen molar-refractivity contribution in [2.45, 2.75) is 39.0 Å². The minimum atomic E-state index is 0. The third kappa shape index (κ3) is 10.3. The fraction of sp³-hybridized carbons (Fsp3) is 0.171. The van der Waals surface area contributed by atoms with Crippen LogP contribution in [0.1, 0.15) is 59.6 Å². The number of alkyl halides is 1. The highest BCUT2D eigenvalue weighted by Gasteiger charge is 2.26. The summed E-state index contributed by atoms with van der Waals surface area (Å²) in [7, 11) is 0. The van der Waals surface area contributed by atoms with Gasteiger partial charge in [0.1, 0.15) is 0 Å². The van der Waals surface area contributed by atoms with E-state index in [1.807, 2.05) is 91.9 Å². The van der Waals surface area contributed by atoms with Gasteiger partial charge in [0.05, 0.1) is 0 Å². The van der Waals surface area contributed by atoms with E-state index < -0.39 is 0 Å². The SMILES string of the molecule is CCCC(=O)C1=C(/C=C/c2ccc(Cl)cc2)Cc2cc(Br)ccc21.Cl.O=C(CCBr)C1=C(/C=C/c2ccc(Cl)cc2)Cc2cc(Br)ccc21. The molecule has 0 atom stereocenters. The van der Waals surface area contributed by atoms with Crippen molar-refractivity contribution in [3.05, 3.63) is 161 Å². The van der Waals surface area contributed by atoms with E-state index in [1.165, 1.54) is 11.1 Å². The lowest BCUT2D eigenvalue weighted by molar-refractivity contribution is -0.114. The standard InChI is InChI=1S/C21H18BrClO.C20H15Br2ClO.ClH/c1-2-3-20(24)21-15(7-4-14-5-9-18(23)10-6-14)12-16-13-17(22)8-11-19(16)21;21-10-9-19(24)20-14(4-1-13-2-6-17(23)7-3-13)11-15-12-16(22)5-8-18(15)20;/h4-11,13H,2-3,12H2,1H3;1-8,12H,9-11H2;1H/b7-4+;4-1+;. The first-order chi connectivity index (χ1) is 23.2. The zero-order chi connectivity index (χ0) is 34.2. The van der Waals surface area contributed by atoms with Crippen molar-refractivity contribution in [3.63, 3.8) is 0 Å². The third-order valence-corrected chi connectivity index (χ3v) is 10.0. The lowest BCUT2D eigenvalue weighted by atomic mass is 9.98. The molecule has 0 heterocycles. The summed E-state index contributed by atoms with van der Waals surface area (Å²) < 4.78 is 2.09. The molecular weight excluding hydrogens is 871 g/mol. The van der Waals surface area contributed by atoms with Gasteiger partial charge in [-0.05, 0) is 112 Å². The van der Waals surface area contributed by atoms with E-state index in [-0.39, 0.29) is 24.0 Å². The molecule has 2 aliphatic rings. The van der Waals surface area contributed by atoms with Gasteiger partial charge in [-0.2, -0.15) is 0 Å². The average molecular weight is 905 g/mol. The second-order valence-electron chi connectivity index (χ2n) is 11.6. The van der Waals surface area contributed by atoms with Crippen molar-refractivity contribution in [1.29, 1.82) is 0 Å². The monoisotopic (exact) mass is 900 g/mol. The van der Waals surface area contributed by atoms with Crippen LogP contribution in [0.15, 0.2) is 117 Å². The number of Topliss-reactive ketones (excluding diaryl/α,β-unsaturated/α-hetero) is 2. The molecule has 0 radical (unpaired) electrons. The highest BCUT2D eigenvalue weighted by molar-refractivity contribution is 9.10. The molecule has 0 spiro atoms. The number of fused-ring (bicyclic) bond motifs is 2. The molecule has 0 aromatic heterocycles. The quantitative estimate of drug-likeness (QED) is 0.149. The Kier molecular flexibility index (Phi) is 14.9. The summed E-state index contributed by atoms with van der Waals surface area (Å²) >= 11 is 22.3. The van der Waals surface area contributed by atoms with Crippen LogP contribution in [0, 0.1) is 0 Å². The highest BCUT2D eigenvalue weighted by Crippen LogP contribution is 2.38. The number of hydrogen-bond donors (Lipinski definition) is 0. The predicted molar refractivity (Wildman–Crippen MR) is 221 cm³/mol. The van der Waals surface area contributed by atoms with Gasteiger partial charge < -0.3 is 0 Å². The Hall–Kier alpha value is -2.51.